The Kier molecular flexibility index (Phi) is 9.39. The van der Waals surface area contributed by atoms with Crippen molar-refractivity contribution in [3.63, 3.8) is 0 Å². The van der Waals surface area contributed by atoms with E-state index in [0.717, 1.165) is 38.5 Å². The van der Waals surface area contributed by atoms with E-state index in [0.29, 0.717) is 0 Å². The third-order valence-electron chi connectivity index (χ3n) is 10.5. The fraction of sp³-hybridized carbons (Fsp3) is 0.526. The second-order valence-electron chi connectivity index (χ2n) is 11.8. The third-order valence-corrected chi connectivity index (χ3v) is 10.5. The molecule has 0 heterocycles. The van der Waals surface area contributed by atoms with Gasteiger partial charge in [0.2, 0.25) is 0 Å². The van der Waals surface area contributed by atoms with Crippen molar-refractivity contribution in [3.05, 3.63) is 100 Å². The van der Waals surface area contributed by atoms with Crippen LogP contribution in [0.1, 0.15) is 128 Å². The Labute approximate surface area is 235 Å². The summed E-state index contributed by atoms with van der Waals surface area (Å²) in [5.41, 5.74) is 27.6. The minimum atomic E-state index is 1.05. The molecule has 0 aliphatic rings. The molecule has 0 unspecified atom stereocenters. The minimum absolute atomic E-state index is 1.05. The summed E-state index contributed by atoms with van der Waals surface area (Å²) in [7, 11) is 0. The monoisotopic (exact) mass is 510 g/mol. The number of hydrogen-bond donors (Lipinski definition) is 0. The van der Waals surface area contributed by atoms with E-state index in [1.165, 1.54) is 55.6 Å². The number of benzene rings is 3. The van der Waals surface area contributed by atoms with Crippen LogP contribution in [0.15, 0.2) is 0 Å². The molecular formula is C38H54. The predicted octanol–water partition coefficient (Wildman–Crippen LogP) is 10.2. The highest BCUT2D eigenvalue weighted by atomic mass is 14.3. The van der Waals surface area contributed by atoms with E-state index in [1.54, 1.807) is 44.5 Å². The van der Waals surface area contributed by atoms with Crippen molar-refractivity contribution in [1.29, 1.82) is 0 Å². The normalized spacial score (nSPS) is 11.5. The molecule has 0 aliphatic carbocycles. The van der Waals surface area contributed by atoms with Crippen molar-refractivity contribution >= 4 is 0 Å². The van der Waals surface area contributed by atoms with Crippen molar-refractivity contribution in [1.82, 2.24) is 0 Å². The minimum Gasteiger partial charge on any atom is -0.0613 e. The highest BCUT2D eigenvalue weighted by Gasteiger charge is 2.23. The van der Waals surface area contributed by atoms with Gasteiger partial charge in [0.25, 0.3) is 0 Å². The van der Waals surface area contributed by atoms with Gasteiger partial charge in [0, 0.05) is 0 Å². The van der Waals surface area contributed by atoms with Crippen LogP contribution in [-0.4, -0.2) is 0 Å². The average molecular weight is 511 g/mol. The quantitative estimate of drug-likeness (QED) is 0.283. The van der Waals surface area contributed by atoms with Crippen LogP contribution in [0.25, 0.3) is 0 Å². The van der Waals surface area contributed by atoms with Crippen molar-refractivity contribution in [2.75, 3.05) is 0 Å². The summed E-state index contributed by atoms with van der Waals surface area (Å²) in [6.45, 7) is 32.9. The Bertz CT molecular complexity index is 1210. The molecule has 0 fully saturated rings. The molecule has 0 saturated heterocycles. The summed E-state index contributed by atoms with van der Waals surface area (Å²) in [5.74, 6) is 0. The molecule has 0 atom stereocenters. The predicted molar refractivity (Wildman–Crippen MR) is 170 cm³/mol. The number of hydrogen-bond acceptors (Lipinski definition) is 0. The first kappa shape index (κ1) is 30.2. The fourth-order valence-corrected chi connectivity index (χ4v) is 7.59. The molecule has 3 aromatic rings. The van der Waals surface area contributed by atoms with Gasteiger partial charge in [-0.2, -0.15) is 0 Å². The van der Waals surface area contributed by atoms with E-state index < -0.39 is 0 Å². The van der Waals surface area contributed by atoms with E-state index in [4.69, 9.17) is 0 Å². The van der Waals surface area contributed by atoms with Gasteiger partial charge in [-0.3, -0.25) is 0 Å². The third kappa shape index (κ3) is 4.89. The molecule has 0 aromatic heterocycles. The summed E-state index contributed by atoms with van der Waals surface area (Å²) in [6, 6.07) is 0. The van der Waals surface area contributed by atoms with Crippen LogP contribution in [0.2, 0.25) is 0 Å². The van der Waals surface area contributed by atoms with Crippen LogP contribution in [-0.2, 0) is 38.5 Å². The topological polar surface area (TPSA) is 0 Å². The fourth-order valence-electron chi connectivity index (χ4n) is 7.59. The van der Waals surface area contributed by atoms with Gasteiger partial charge in [-0.05, 0) is 208 Å². The van der Waals surface area contributed by atoms with Gasteiger partial charge < -0.3 is 0 Å². The molecule has 38 heavy (non-hydrogen) atoms. The van der Waals surface area contributed by atoms with Gasteiger partial charge >= 0.3 is 0 Å². The highest BCUT2D eigenvalue weighted by molar-refractivity contribution is 5.59. The highest BCUT2D eigenvalue weighted by Crippen LogP contribution is 2.37. The van der Waals surface area contributed by atoms with Gasteiger partial charge in [-0.15, -0.1) is 0 Å². The Balaban J connectivity index is 2.26. The maximum absolute atomic E-state index is 2.41. The first-order valence-electron chi connectivity index (χ1n) is 15.2. The lowest BCUT2D eigenvalue weighted by molar-refractivity contribution is 0.926. The lowest BCUT2D eigenvalue weighted by atomic mass is 9.78. The van der Waals surface area contributed by atoms with E-state index in [-0.39, 0.29) is 0 Å². The Hall–Kier alpha value is -2.34. The molecule has 3 rings (SSSR count). The van der Waals surface area contributed by atoms with Gasteiger partial charge in [0.15, 0.2) is 0 Å². The first-order valence-corrected chi connectivity index (χ1v) is 15.2. The summed E-state index contributed by atoms with van der Waals surface area (Å²) in [6.07, 6.45) is 6.51. The largest absolute Gasteiger partial charge is 0.0613 e. The smallest absolute Gasteiger partial charge is 0.00148 e. The molecule has 0 N–H and O–H groups in total. The molecular weight excluding hydrogens is 456 g/mol. The second kappa shape index (κ2) is 11.8. The van der Waals surface area contributed by atoms with E-state index in [1.807, 2.05) is 0 Å². The summed E-state index contributed by atoms with van der Waals surface area (Å²) in [4.78, 5) is 0. The van der Waals surface area contributed by atoms with Gasteiger partial charge in [-0.1, -0.05) is 27.7 Å². The zero-order valence-corrected chi connectivity index (χ0v) is 27.2. The first-order chi connectivity index (χ1) is 17.9. The Morgan fingerprint density at radius 3 is 0.658 bits per heavy atom. The van der Waals surface area contributed by atoms with Crippen LogP contribution >= 0.6 is 0 Å². The Morgan fingerprint density at radius 1 is 0.237 bits per heavy atom. The summed E-state index contributed by atoms with van der Waals surface area (Å²) >= 11 is 0. The molecule has 0 saturated carbocycles. The summed E-state index contributed by atoms with van der Waals surface area (Å²) in [5, 5.41) is 0. The van der Waals surface area contributed by atoms with Gasteiger partial charge in [0.05, 0.1) is 0 Å². The molecule has 0 amide bonds. The van der Waals surface area contributed by atoms with Gasteiger partial charge in [0.1, 0.15) is 0 Å². The van der Waals surface area contributed by atoms with Crippen LogP contribution in [0.4, 0.5) is 0 Å². The second-order valence-corrected chi connectivity index (χ2v) is 11.8. The molecule has 206 valence electrons. The van der Waals surface area contributed by atoms with E-state index in [2.05, 4.69) is 96.9 Å². The van der Waals surface area contributed by atoms with Crippen molar-refractivity contribution in [3.8, 4) is 0 Å². The van der Waals surface area contributed by atoms with Crippen molar-refractivity contribution in [2.45, 2.75) is 135 Å². The van der Waals surface area contributed by atoms with E-state index in [9.17, 15) is 0 Å². The SMILES string of the molecule is CCc1c(C)c(C)c(Cc2c(C)c(CC)c(Cc3c(C)c(C)c(CC)c(C)c3C)c(C)c2CC)c(C)c1C. The van der Waals surface area contributed by atoms with Crippen LogP contribution < -0.4 is 0 Å². The maximum atomic E-state index is 2.41. The average Bonchev–Trinajstić information content (AvgIpc) is 2.89. The van der Waals surface area contributed by atoms with E-state index >= 15 is 0 Å². The van der Waals surface area contributed by atoms with Crippen molar-refractivity contribution in [2.24, 2.45) is 0 Å². The molecule has 0 nitrogen and oxygen atoms in total. The van der Waals surface area contributed by atoms with Gasteiger partial charge in [-0.25, -0.2) is 0 Å². The lowest BCUT2D eigenvalue weighted by Gasteiger charge is -2.27. The van der Waals surface area contributed by atoms with Crippen LogP contribution in [0, 0.1) is 69.2 Å². The van der Waals surface area contributed by atoms with Crippen molar-refractivity contribution < 1.29 is 0 Å². The molecule has 0 spiro atoms. The zero-order chi connectivity index (χ0) is 28.6. The molecule has 0 bridgehead atoms. The lowest BCUT2D eigenvalue weighted by Crippen LogP contribution is -2.14. The molecule has 3 aromatic carbocycles. The maximum Gasteiger partial charge on any atom is -0.00148 e. The van der Waals surface area contributed by atoms with Crippen LogP contribution in [0.5, 0.6) is 0 Å². The summed E-state index contributed by atoms with van der Waals surface area (Å²) < 4.78 is 0. The van der Waals surface area contributed by atoms with Crippen LogP contribution in [0.3, 0.4) is 0 Å². The molecule has 0 aliphatic heterocycles. The standard InChI is InChI=1S/C38H54/c1-15-31-21(5)25(9)35(26(10)22(31)6)19-37-29(13)34(18-4)38(30(14)33(37)17-3)20-36-27(11)23(7)32(16-2)24(8)28(36)12/h15-20H2,1-14H3. The molecule has 0 radical (unpaired) electrons. The Morgan fingerprint density at radius 2 is 0.447 bits per heavy atom. The number of rotatable bonds is 8. The molecule has 0 heteroatoms. The zero-order valence-electron chi connectivity index (χ0n) is 27.2.